The third-order valence-corrected chi connectivity index (χ3v) is 5.14. The molecule has 0 fully saturated rings. The maximum Gasteiger partial charge on any atom is 0.329 e. The van der Waals surface area contributed by atoms with Crippen LogP contribution in [-0.2, 0) is 20.8 Å². The SMILES string of the molecule is CCc1ccc(NC(=O)COc2ccc(Cl)cc2/C=N\NC(=O)C(=O)Nc2ccc(OC)cc2)cc1. The van der Waals surface area contributed by atoms with E-state index in [1.807, 2.05) is 24.3 Å². The normalized spacial score (nSPS) is 10.5. The predicted octanol–water partition coefficient (Wildman–Crippen LogP) is 4.02. The largest absolute Gasteiger partial charge is 0.497 e. The molecular weight excluding hydrogens is 484 g/mol. The lowest BCUT2D eigenvalue weighted by Crippen LogP contribution is -2.32. The van der Waals surface area contributed by atoms with Crippen molar-refractivity contribution < 1.29 is 23.9 Å². The number of carbonyl (C=O) groups is 3. The number of nitrogens with one attached hydrogen (secondary N) is 3. The molecule has 9 nitrogen and oxygen atoms in total. The number of hydrogen-bond donors (Lipinski definition) is 3. The zero-order valence-corrected chi connectivity index (χ0v) is 20.5. The van der Waals surface area contributed by atoms with Crippen molar-refractivity contribution in [1.82, 2.24) is 5.43 Å². The van der Waals surface area contributed by atoms with Crippen molar-refractivity contribution in [2.75, 3.05) is 24.4 Å². The van der Waals surface area contributed by atoms with Gasteiger partial charge in [0.05, 0.1) is 13.3 Å². The molecule has 36 heavy (non-hydrogen) atoms. The predicted molar refractivity (Wildman–Crippen MR) is 139 cm³/mol. The summed E-state index contributed by atoms with van der Waals surface area (Å²) < 4.78 is 10.7. The topological polar surface area (TPSA) is 118 Å². The second-order valence-electron chi connectivity index (χ2n) is 7.45. The van der Waals surface area contributed by atoms with Crippen molar-refractivity contribution in [1.29, 1.82) is 0 Å². The van der Waals surface area contributed by atoms with E-state index in [-0.39, 0.29) is 12.5 Å². The molecule has 0 aliphatic carbocycles. The van der Waals surface area contributed by atoms with Gasteiger partial charge in [0.1, 0.15) is 11.5 Å². The molecule has 0 radical (unpaired) electrons. The highest BCUT2D eigenvalue weighted by Crippen LogP contribution is 2.21. The van der Waals surface area contributed by atoms with Crippen LogP contribution in [0.15, 0.2) is 71.8 Å². The summed E-state index contributed by atoms with van der Waals surface area (Å²) >= 11 is 6.06. The molecule has 0 aromatic heterocycles. The fourth-order valence-electron chi connectivity index (χ4n) is 2.99. The Hall–Kier alpha value is -4.37. The van der Waals surface area contributed by atoms with E-state index in [0.717, 1.165) is 6.42 Å². The second kappa shape index (κ2) is 12.9. The number of hydrogen-bond acceptors (Lipinski definition) is 6. The highest BCUT2D eigenvalue weighted by molar-refractivity contribution is 6.39. The number of benzene rings is 3. The van der Waals surface area contributed by atoms with E-state index >= 15 is 0 Å². The van der Waals surface area contributed by atoms with Gasteiger partial charge in [-0.05, 0) is 66.6 Å². The van der Waals surface area contributed by atoms with E-state index in [4.69, 9.17) is 21.1 Å². The number of carbonyl (C=O) groups excluding carboxylic acids is 3. The summed E-state index contributed by atoms with van der Waals surface area (Å²) in [7, 11) is 1.52. The Morgan fingerprint density at radius 3 is 2.25 bits per heavy atom. The van der Waals surface area contributed by atoms with E-state index in [1.54, 1.807) is 42.5 Å². The summed E-state index contributed by atoms with van der Waals surface area (Å²) in [5.74, 6) is -1.29. The number of halogens is 1. The molecule has 0 unspecified atom stereocenters. The Labute approximate surface area is 213 Å². The highest BCUT2D eigenvalue weighted by Gasteiger charge is 2.13. The Balaban J connectivity index is 1.55. The van der Waals surface area contributed by atoms with Crippen LogP contribution in [0.3, 0.4) is 0 Å². The van der Waals surface area contributed by atoms with Crippen molar-refractivity contribution in [3.05, 3.63) is 82.9 Å². The zero-order chi connectivity index (χ0) is 25.9. The Bertz CT molecular complexity index is 1240. The first-order valence-electron chi connectivity index (χ1n) is 11.0. The van der Waals surface area contributed by atoms with Crippen LogP contribution in [0, 0.1) is 0 Å². The molecule has 0 aliphatic heterocycles. The summed E-state index contributed by atoms with van der Waals surface area (Å²) in [5, 5.41) is 9.41. The van der Waals surface area contributed by atoms with E-state index in [1.165, 1.54) is 18.9 Å². The van der Waals surface area contributed by atoms with Crippen LogP contribution in [0.5, 0.6) is 11.5 Å². The maximum atomic E-state index is 12.3. The first-order chi connectivity index (χ1) is 17.4. The Morgan fingerprint density at radius 2 is 1.58 bits per heavy atom. The molecular formula is C26H25ClN4O5. The number of anilines is 2. The molecule has 0 heterocycles. The lowest BCUT2D eigenvalue weighted by atomic mass is 10.1. The standard InChI is InChI=1S/C26H25ClN4O5/c1-3-17-4-7-20(8-5-17)29-24(32)16-36-23-13-6-19(27)14-18(23)15-28-31-26(34)25(33)30-21-9-11-22(35-2)12-10-21/h4-15H,3,16H2,1-2H3,(H,29,32)(H,30,33)(H,31,34)/b28-15-. The summed E-state index contributed by atoms with van der Waals surface area (Å²) in [6, 6.07) is 18.7. The number of rotatable bonds is 9. The number of amides is 3. The monoisotopic (exact) mass is 508 g/mol. The smallest absolute Gasteiger partial charge is 0.329 e. The number of ether oxygens (including phenoxy) is 2. The molecule has 0 spiro atoms. The summed E-state index contributed by atoms with van der Waals surface area (Å²) in [6.45, 7) is 1.80. The van der Waals surface area contributed by atoms with Crippen LogP contribution in [0.25, 0.3) is 0 Å². The Kier molecular flexibility index (Phi) is 9.41. The van der Waals surface area contributed by atoms with Crippen molar-refractivity contribution in [2.45, 2.75) is 13.3 Å². The van der Waals surface area contributed by atoms with Crippen LogP contribution < -0.4 is 25.5 Å². The quantitative estimate of drug-likeness (QED) is 0.229. The molecule has 3 aromatic carbocycles. The van der Waals surface area contributed by atoms with Crippen LogP contribution in [0.1, 0.15) is 18.1 Å². The van der Waals surface area contributed by atoms with Gasteiger partial charge in [-0.2, -0.15) is 5.10 Å². The third kappa shape index (κ3) is 7.85. The van der Waals surface area contributed by atoms with Crippen LogP contribution in [0.2, 0.25) is 5.02 Å². The van der Waals surface area contributed by atoms with Gasteiger partial charge in [-0.1, -0.05) is 30.7 Å². The number of nitrogens with zero attached hydrogens (tertiary/aromatic N) is 1. The van der Waals surface area contributed by atoms with Crippen molar-refractivity contribution in [3.63, 3.8) is 0 Å². The third-order valence-electron chi connectivity index (χ3n) is 4.90. The first-order valence-corrected chi connectivity index (χ1v) is 11.3. The fourth-order valence-corrected chi connectivity index (χ4v) is 3.17. The molecule has 3 amide bonds. The van der Waals surface area contributed by atoms with Gasteiger partial charge in [0.25, 0.3) is 5.91 Å². The molecule has 0 saturated carbocycles. The molecule has 3 aromatic rings. The van der Waals surface area contributed by atoms with Crippen molar-refractivity contribution in [2.24, 2.45) is 5.10 Å². The molecule has 3 rings (SSSR count). The van der Waals surface area contributed by atoms with E-state index in [9.17, 15) is 14.4 Å². The van der Waals surface area contributed by atoms with Gasteiger partial charge in [-0.25, -0.2) is 5.43 Å². The summed E-state index contributed by atoms with van der Waals surface area (Å²) in [5.41, 5.74) is 4.79. The van der Waals surface area contributed by atoms with Crippen LogP contribution >= 0.6 is 11.6 Å². The molecule has 0 atom stereocenters. The first kappa shape index (κ1) is 26.2. The fraction of sp³-hybridized carbons (Fsp3) is 0.154. The van der Waals surface area contributed by atoms with Gasteiger partial charge in [-0.15, -0.1) is 0 Å². The van der Waals surface area contributed by atoms with E-state index < -0.39 is 11.8 Å². The lowest BCUT2D eigenvalue weighted by molar-refractivity contribution is -0.136. The minimum absolute atomic E-state index is 0.255. The molecule has 10 heteroatoms. The number of methoxy groups -OCH3 is 1. The van der Waals surface area contributed by atoms with Crippen molar-refractivity contribution in [3.8, 4) is 11.5 Å². The van der Waals surface area contributed by atoms with Gasteiger partial charge in [0, 0.05) is 22.0 Å². The average molecular weight is 509 g/mol. The Morgan fingerprint density at radius 1 is 0.917 bits per heavy atom. The molecule has 0 aliphatic rings. The minimum Gasteiger partial charge on any atom is -0.497 e. The van der Waals surface area contributed by atoms with E-state index in [0.29, 0.717) is 33.5 Å². The summed E-state index contributed by atoms with van der Waals surface area (Å²) in [4.78, 5) is 36.4. The van der Waals surface area contributed by atoms with E-state index in [2.05, 4.69) is 28.1 Å². The van der Waals surface area contributed by atoms with Gasteiger partial charge in [0.2, 0.25) is 0 Å². The van der Waals surface area contributed by atoms with Gasteiger partial charge < -0.3 is 20.1 Å². The minimum atomic E-state index is -0.972. The molecule has 186 valence electrons. The highest BCUT2D eigenvalue weighted by atomic mass is 35.5. The van der Waals surface area contributed by atoms with Crippen LogP contribution in [0.4, 0.5) is 11.4 Å². The van der Waals surface area contributed by atoms with Crippen molar-refractivity contribution >= 4 is 46.9 Å². The molecule has 3 N–H and O–H groups in total. The summed E-state index contributed by atoms with van der Waals surface area (Å²) in [6.07, 6.45) is 2.17. The van der Waals surface area contributed by atoms with Gasteiger partial charge in [0.15, 0.2) is 6.61 Å². The number of hydrazone groups is 1. The molecule has 0 bridgehead atoms. The van der Waals surface area contributed by atoms with Gasteiger partial charge in [-0.3, -0.25) is 14.4 Å². The lowest BCUT2D eigenvalue weighted by Gasteiger charge is -2.10. The second-order valence-corrected chi connectivity index (χ2v) is 7.89. The molecule has 0 saturated heterocycles. The average Bonchev–Trinajstić information content (AvgIpc) is 2.89. The number of aryl methyl sites for hydroxylation is 1. The maximum absolute atomic E-state index is 12.3. The van der Waals surface area contributed by atoms with Crippen LogP contribution in [-0.4, -0.2) is 37.7 Å². The van der Waals surface area contributed by atoms with Gasteiger partial charge >= 0.3 is 11.8 Å². The zero-order valence-electron chi connectivity index (χ0n) is 19.7.